The minimum Gasteiger partial charge on any atom is -0.488 e. The van der Waals surface area contributed by atoms with Crippen molar-refractivity contribution in [3.05, 3.63) is 69.0 Å². The molecule has 0 radical (unpaired) electrons. The molecule has 0 atom stereocenters. The van der Waals surface area contributed by atoms with Crippen molar-refractivity contribution in [1.82, 2.24) is 5.32 Å². The molecule has 27 heavy (non-hydrogen) atoms. The van der Waals surface area contributed by atoms with Crippen molar-refractivity contribution in [3.8, 4) is 5.75 Å². The van der Waals surface area contributed by atoms with Crippen LogP contribution in [0, 0.1) is 6.92 Å². The van der Waals surface area contributed by atoms with Crippen LogP contribution in [0.15, 0.2) is 57.3 Å². The molecule has 142 valence electrons. The van der Waals surface area contributed by atoms with Gasteiger partial charge in [0.15, 0.2) is 0 Å². The Kier molecular flexibility index (Phi) is 9.31. The van der Waals surface area contributed by atoms with Crippen LogP contribution in [-0.4, -0.2) is 25.4 Å². The zero-order valence-electron chi connectivity index (χ0n) is 15.3. The molecule has 4 nitrogen and oxygen atoms in total. The van der Waals surface area contributed by atoms with Crippen LogP contribution in [0.25, 0.3) is 5.70 Å². The molecule has 0 unspecified atom stereocenters. The highest BCUT2D eigenvalue weighted by atomic mass is 79.9. The number of carbonyl (C=O) groups excluding carboxylic acids is 1. The molecule has 0 heterocycles. The van der Waals surface area contributed by atoms with Gasteiger partial charge in [-0.1, -0.05) is 39.7 Å². The lowest BCUT2D eigenvalue weighted by atomic mass is 10.1. The van der Waals surface area contributed by atoms with E-state index in [1.807, 2.05) is 48.7 Å². The highest BCUT2D eigenvalue weighted by molar-refractivity contribution is 9.10. The van der Waals surface area contributed by atoms with E-state index in [0.717, 1.165) is 38.9 Å². The van der Waals surface area contributed by atoms with Crippen molar-refractivity contribution in [1.29, 1.82) is 0 Å². The fraction of sp³-hybridized carbons (Fsp3) is 0.238. The van der Waals surface area contributed by atoms with Gasteiger partial charge in [-0.2, -0.15) is 0 Å². The summed E-state index contributed by atoms with van der Waals surface area (Å²) in [5, 5.41) is 5.14. The minimum absolute atomic E-state index is 0.480. The fourth-order valence-electron chi connectivity index (χ4n) is 2.31. The van der Waals surface area contributed by atoms with E-state index in [1.54, 1.807) is 11.8 Å². The summed E-state index contributed by atoms with van der Waals surface area (Å²) < 4.78 is 7.10. The third-order valence-electron chi connectivity index (χ3n) is 3.71. The number of aliphatic imine (C=N–C) groups is 1. The maximum absolute atomic E-state index is 10.3. The van der Waals surface area contributed by atoms with Crippen molar-refractivity contribution >= 4 is 46.4 Å². The third-order valence-corrected chi connectivity index (χ3v) is 5.00. The molecule has 1 N–H and O–H groups in total. The summed E-state index contributed by atoms with van der Waals surface area (Å²) in [5.41, 5.74) is 3.91. The van der Waals surface area contributed by atoms with Crippen LogP contribution in [0.3, 0.4) is 0 Å². The predicted molar refractivity (Wildman–Crippen MR) is 118 cm³/mol. The fourth-order valence-corrected chi connectivity index (χ4v) is 3.28. The Hall–Kier alpha value is -1.89. The first kappa shape index (κ1) is 21.4. The summed E-state index contributed by atoms with van der Waals surface area (Å²) in [7, 11) is 0. The zero-order valence-corrected chi connectivity index (χ0v) is 17.7. The standard InChI is InChI=1S/C21H23BrN2O2S/c1-16-4-9-21(26-13-17-5-7-18(22)8-6-17)19(12-16)20(23-2)14-27-15-24-10-3-11-25/h4-9,11-12,14,24H,2-3,10,13,15H2,1H3/b20-14-. The molecule has 2 rings (SSSR count). The van der Waals surface area contributed by atoms with Gasteiger partial charge in [0.2, 0.25) is 0 Å². The highest BCUT2D eigenvalue weighted by Crippen LogP contribution is 2.30. The molecule has 0 amide bonds. The zero-order chi connectivity index (χ0) is 19.5. The second-order valence-electron chi connectivity index (χ2n) is 5.84. The number of aldehydes is 1. The number of nitrogens with zero attached hydrogens (tertiary/aromatic N) is 1. The van der Waals surface area contributed by atoms with Gasteiger partial charge in [0, 0.05) is 28.9 Å². The van der Waals surface area contributed by atoms with Gasteiger partial charge in [-0.3, -0.25) is 4.99 Å². The first-order valence-electron chi connectivity index (χ1n) is 8.55. The van der Waals surface area contributed by atoms with Crippen LogP contribution in [0.5, 0.6) is 5.75 Å². The summed E-state index contributed by atoms with van der Waals surface area (Å²) in [4.78, 5) is 14.5. The normalized spacial score (nSPS) is 11.3. The topological polar surface area (TPSA) is 50.7 Å². The summed E-state index contributed by atoms with van der Waals surface area (Å²) in [6.07, 6.45) is 1.43. The molecule has 0 saturated heterocycles. The number of rotatable bonds is 11. The highest BCUT2D eigenvalue weighted by Gasteiger charge is 2.09. The lowest BCUT2D eigenvalue weighted by Gasteiger charge is -2.13. The Labute approximate surface area is 173 Å². The Balaban J connectivity index is 2.08. The number of benzene rings is 2. The second kappa shape index (κ2) is 11.7. The number of ether oxygens (including phenoxy) is 1. The van der Waals surface area contributed by atoms with E-state index >= 15 is 0 Å². The molecular formula is C21H23BrN2O2S. The maximum Gasteiger partial charge on any atom is 0.129 e. The monoisotopic (exact) mass is 446 g/mol. The van der Waals surface area contributed by atoms with Crippen LogP contribution >= 0.6 is 27.7 Å². The smallest absolute Gasteiger partial charge is 0.129 e. The predicted octanol–water partition coefficient (Wildman–Crippen LogP) is 5.20. The molecule has 2 aromatic carbocycles. The van der Waals surface area contributed by atoms with Crippen molar-refractivity contribution in [2.24, 2.45) is 4.99 Å². The third kappa shape index (κ3) is 7.33. The van der Waals surface area contributed by atoms with Crippen molar-refractivity contribution in [3.63, 3.8) is 0 Å². The Morgan fingerprint density at radius 1 is 1.30 bits per heavy atom. The van der Waals surface area contributed by atoms with Crippen molar-refractivity contribution in [2.75, 3.05) is 12.4 Å². The van der Waals surface area contributed by atoms with Crippen LogP contribution in [0.2, 0.25) is 0 Å². The Morgan fingerprint density at radius 3 is 2.78 bits per heavy atom. The number of nitrogens with one attached hydrogen (secondary N) is 1. The van der Waals surface area contributed by atoms with Crippen LogP contribution in [0.1, 0.15) is 23.1 Å². The summed E-state index contributed by atoms with van der Waals surface area (Å²) in [6.45, 7) is 6.90. The molecule has 0 aliphatic heterocycles. The molecule has 0 bridgehead atoms. The average Bonchev–Trinajstić information content (AvgIpc) is 2.68. The quantitative estimate of drug-likeness (QED) is 0.223. The van der Waals surface area contributed by atoms with Gasteiger partial charge >= 0.3 is 0 Å². The average molecular weight is 447 g/mol. The lowest BCUT2D eigenvalue weighted by Crippen LogP contribution is -2.13. The number of hydrogen-bond acceptors (Lipinski definition) is 5. The van der Waals surface area contributed by atoms with Gasteiger partial charge in [-0.15, -0.1) is 11.8 Å². The molecular weight excluding hydrogens is 424 g/mol. The molecule has 0 saturated carbocycles. The molecule has 0 spiro atoms. The van der Waals surface area contributed by atoms with Crippen molar-refractivity contribution < 1.29 is 9.53 Å². The van der Waals surface area contributed by atoms with E-state index in [2.05, 4.69) is 39.0 Å². The molecule has 0 aliphatic carbocycles. The number of thioether (sulfide) groups is 1. The number of hydrogen-bond donors (Lipinski definition) is 1. The van der Waals surface area contributed by atoms with Gasteiger partial charge in [0.05, 0.1) is 5.70 Å². The first-order valence-corrected chi connectivity index (χ1v) is 10.4. The van der Waals surface area contributed by atoms with E-state index in [4.69, 9.17) is 4.74 Å². The van der Waals surface area contributed by atoms with Crippen molar-refractivity contribution in [2.45, 2.75) is 20.0 Å². The van der Waals surface area contributed by atoms with E-state index in [0.29, 0.717) is 25.4 Å². The molecule has 2 aromatic rings. The van der Waals surface area contributed by atoms with Crippen LogP contribution in [0.4, 0.5) is 0 Å². The summed E-state index contributed by atoms with van der Waals surface area (Å²) in [5.74, 6) is 1.48. The van der Waals surface area contributed by atoms with E-state index < -0.39 is 0 Å². The molecule has 6 heteroatoms. The molecule has 0 fully saturated rings. The second-order valence-corrected chi connectivity index (χ2v) is 7.62. The molecule has 0 aliphatic rings. The number of aryl methyl sites for hydroxylation is 1. The number of halogens is 1. The van der Waals surface area contributed by atoms with E-state index in [1.165, 1.54) is 0 Å². The SMILES string of the molecule is C=N/C(=C\SCNCCC=O)c1cc(C)ccc1OCc1ccc(Br)cc1. The summed E-state index contributed by atoms with van der Waals surface area (Å²) >= 11 is 5.02. The van der Waals surface area contributed by atoms with Gasteiger partial charge < -0.3 is 14.8 Å². The first-order chi connectivity index (χ1) is 13.1. The Morgan fingerprint density at radius 2 is 2.07 bits per heavy atom. The van der Waals surface area contributed by atoms with E-state index in [-0.39, 0.29) is 0 Å². The minimum atomic E-state index is 0.480. The van der Waals surface area contributed by atoms with Crippen LogP contribution < -0.4 is 10.1 Å². The van der Waals surface area contributed by atoms with Gasteiger partial charge in [-0.05, 0) is 48.9 Å². The number of carbonyl (C=O) groups is 1. The lowest BCUT2D eigenvalue weighted by molar-refractivity contribution is -0.107. The van der Waals surface area contributed by atoms with Gasteiger partial charge in [-0.25, -0.2) is 0 Å². The molecule has 0 aromatic heterocycles. The van der Waals surface area contributed by atoms with Crippen LogP contribution in [-0.2, 0) is 11.4 Å². The van der Waals surface area contributed by atoms with Gasteiger partial charge in [0.25, 0.3) is 0 Å². The largest absolute Gasteiger partial charge is 0.488 e. The summed E-state index contributed by atoms with van der Waals surface area (Å²) in [6, 6.07) is 14.1. The Bertz CT molecular complexity index is 791. The maximum atomic E-state index is 10.3. The van der Waals surface area contributed by atoms with E-state index in [9.17, 15) is 4.79 Å². The van der Waals surface area contributed by atoms with Gasteiger partial charge in [0.1, 0.15) is 18.6 Å².